The number of hydrogen-bond donors (Lipinski definition) is 2. The molecule has 0 aliphatic rings. The van der Waals surface area contributed by atoms with Crippen molar-refractivity contribution in [1.82, 2.24) is 10.6 Å². The second kappa shape index (κ2) is 7.51. The van der Waals surface area contributed by atoms with E-state index in [0.717, 1.165) is 31.7 Å². The standard InChI is InChI=1S/C16H28N2O/c1-6-14-11-13(7-8-15(14)19-5)9-10-18-12-16(2,3)17-4/h7-8,11,17-18H,6,9-10,12H2,1-5H3. The third-order valence-corrected chi connectivity index (χ3v) is 3.56. The lowest BCUT2D eigenvalue weighted by atomic mass is 10.0. The summed E-state index contributed by atoms with van der Waals surface area (Å²) in [5.74, 6) is 0.996. The average Bonchev–Trinajstić information content (AvgIpc) is 2.43. The quantitative estimate of drug-likeness (QED) is 0.707. The monoisotopic (exact) mass is 264 g/mol. The van der Waals surface area contributed by atoms with Crippen molar-refractivity contribution in [2.45, 2.75) is 39.2 Å². The maximum atomic E-state index is 5.35. The summed E-state index contributed by atoms with van der Waals surface area (Å²) in [5.41, 5.74) is 2.80. The van der Waals surface area contributed by atoms with E-state index in [9.17, 15) is 0 Å². The van der Waals surface area contributed by atoms with Gasteiger partial charge in [0.25, 0.3) is 0 Å². The number of benzene rings is 1. The van der Waals surface area contributed by atoms with Crippen LogP contribution in [0.4, 0.5) is 0 Å². The Kier molecular flexibility index (Phi) is 6.32. The highest BCUT2D eigenvalue weighted by molar-refractivity contribution is 5.37. The van der Waals surface area contributed by atoms with Crippen LogP contribution in [0.5, 0.6) is 5.75 Å². The van der Waals surface area contributed by atoms with Gasteiger partial charge in [0.05, 0.1) is 7.11 Å². The van der Waals surface area contributed by atoms with Gasteiger partial charge in [-0.1, -0.05) is 19.1 Å². The Morgan fingerprint density at radius 3 is 2.58 bits per heavy atom. The van der Waals surface area contributed by atoms with E-state index in [1.165, 1.54) is 11.1 Å². The van der Waals surface area contributed by atoms with Gasteiger partial charge in [-0.15, -0.1) is 0 Å². The van der Waals surface area contributed by atoms with Crippen LogP contribution in [0.3, 0.4) is 0 Å². The third-order valence-electron chi connectivity index (χ3n) is 3.56. The van der Waals surface area contributed by atoms with Crippen molar-refractivity contribution in [2.75, 3.05) is 27.2 Å². The van der Waals surface area contributed by atoms with Crippen LogP contribution in [0, 0.1) is 0 Å². The van der Waals surface area contributed by atoms with Gasteiger partial charge in [-0.3, -0.25) is 0 Å². The highest BCUT2D eigenvalue weighted by atomic mass is 16.5. The third kappa shape index (κ3) is 5.21. The van der Waals surface area contributed by atoms with E-state index in [0.29, 0.717) is 0 Å². The first-order valence-corrected chi connectivity index (χ1v) is 7.08. The van der Waals surface area contributed by atoms with Gasteiger partial charge < -0.3 is 15.4 Å². The van der Waals surface area contributed by atoms with Crippen LogP contribution in [0.25, 0.3) is 0 Å². The molecule has 108 valence electrons. The lowest BCUT2D eigenvalue weighted by Crippen LogP contribution is -2.46. The Morgan fingerprint density at radius 1 is 1.26 bits per heavy atom. The van der Waals surface area contributed by atoms with Crippen LogP contribution in [0.2, 0.25) is 0 Å². The minimum Gasteiger partial charge on any atom is -0.496 e. The molecule has 19 heavy (non-hydrogen) atoms. The summed E-state index contributed by atoms with van der Waals surface area (Å²) >= 11 is 0. The van der Waals surface area contributed by atoms with E-state index < -0.39 is 0 Å². The number of nitrogens with one attached hydrogen (secondary N) is 2. The predicted octanol–water partition coefficient (Wildman–Crippen LogP) is 2.39. The minimum atomic E-state index is 0.147. The van der Waals surface area contributed by atoms with E-state index in [1.54, 1.807) is 7.11 Å². The fraction of sp³-hybridized carbons (Fsp3) is 0.625. The van der Waals surface area contributed by atoms with E-state index in [2.05, 4.69) is 49.6 Å². The van der Waals surface area contributed by atoms with Crippen molar-refractivity contribution in [3.05, 3.63) is 29.3 Å². The van der Waals surface area contributed by atoms with Crippen molar-refractivity contribution in [3.63, 3.8) is 0 Å². The molecule has 1 aromatic carbocycles. The maximum Gasteiger partial charge on any atom is 0.122 e. The predicted molar refractivity (Wildman–Crippen MR) is 82.1 cm³/mol. The Labute approximate surface area is 117 Å². The van der Waals surface area contributed by atoms with E-state index >= 15 is 0 Å². The number of hydrogen-bond acceptors (Lipinski definition) is 3. The molecule has 3 heteroatoms. The Balaban J connectivity index is 2.46. The summed E-state index contributed by atoms with van der Waals surface area (Å²) in [7, 11) is 3.73. The molecule has 1 aromatic rings. The molecule has 0 aliphatic carbocycles. The van der Waals surface area contributed by atoms with E-state index in [1.807, 2.05) is 7.05 Å². The molecule has 0 saturated heterocycles. The van der Waals surface area contributed by atoms with Crippen molar-refractivity contribution in [3.8, 4) is 5.75 Å². The number of aryl methyl sites for hydroxylation is 1. The minimum absolute atomic E-state index is 0.147. The van der Waals surface area contributed by atoms with Gasteiger partial charge in [0, 0.05) is 12.1 Å². The summed E-state index contributed by atoms with van der Waals surface area (Å²) < 4.78 is 5.35. The van der Waals surface area contributed by atoms with Gasteiger partial charge in [-0.2, -0.15) is 0 Å². The van der Waals surface area contributed by atoms with Crippen LogP contribution in [-0.4, -0.2) is 32.8 Å². The zero-order valence-corrected chi connectivity index (χ0v) is 13.0. The highest BCUT2D eigenvalue weighted by Crippen LogP contribution is 2.20. The fourth-order valence-corrected chi connectivity index (χ4v) is 1.99. The molecule has 0 atom stereocenters. The largest absolute Gasteiger partial charge is 0.496 e. The topological polar surface area (TPSA) is 33.3 Å². The van der Waals surface area contributed by atoms with Crippen LogP contribution in [-0.2, 0) is 12.8 Å². The number of rotatable bonds is 8. The maximum absolute atomic E-state index is 5.35. The van der Waals surface area contributed by atoms with Gasteiger partial charge in [-0.05, 0) is 57.5 Å². The normalized spacial score (nSPS) is 11.6. The molecule has 0 amide bonds. The lowest BCUT2D eigenvalue weighted by Gasteiger charge is -2.24. The molecule has 2 N–H and O–H groups in total. The fourth-order valence-electron chi connectivity index (χ4n) is 1.99. The van der Waals surface area contributed by atoms with Crippen molar-refractivity contribution >= 4 is 0 Å². The van der Waals surface area contributed by atoms with Crippen molar-refractivity contribution in [1.29, 1.82) is 0 Å². The molecule has 0 bridgehead atoms. The van der Waals surface area contributed by atoms with Gasteiger partial charge in [0.15, 0.2) is 0 Å². The average molecular weight is 264 g/mol. The summed E-state index contributed by atoms with van der Waals surface area (Å²) in [4.78, 5) is 0. The molecule has 0 saturated carbocycles. The van der Waals surface area contributed by atoms with Gasteiger partial charge in [-0.25, -0.2) is 0 Å². The highest BCUT2D eigenvalue weighted by Gasteiger charge is 2.13. The van der Waals surface area contributed by atoms with E-state index in [4.69, 9.17) is 4.74 Å². The molecular formula is C16H28N2O. The first kappa shape index (κ1) is 16.0. The molecular weight excluding hydrogens is 236 g/mol. The zero-order chi connectivity index (χ0) is 14.3. The van der Waals surface area contributed by atoms with Crippen LogP contribution in [0.15, 0.2) is 18.2 Å². The van der Waals surface area contributed by atoms with E-state index in [-0.39, 0.29) is 5.54 Å². The summed E-state index contributed by atoms with van der Waals surface area (Å²) in [5, 5.41) is 6.79. The molecule has 3 nitrogen and oxygen atoms in total. The van der Waals surface area contributed by atoms with Gasteiger partial charge in [0.1, 0.15) is 5.75 Å². The van der Waals surface area contributed by atoms with Crippen LogP contribution >= 0.6 is 0 Å². The second-order valence-electron chi connectivity index (χ2n) is 5.56. The van der Waals surface area contributed by atoms with Crippen LogP contribution < -0.4 is 15.4 Å². The Bertz CT molecular complexity index is 388. The molecule has 1 rings (SSSR count). The number of ether oxygens (including phenoxy) is 1. The molecule has 0 aromatic heterocycles. The number of likely N-dealkylation sites (N-methyl/N-ethyl adjacent to an activating group) is 1. The first-order chi connectivity index (χ1) is 9.02. The van der Waals surface area contributed by atoms with Gasteiger partial charge in [0.2, 0.25) is 0 Å². The van der Waals surface area contributed by atoms with Crippen molar-refractivity contribution < 1.29 is 4.74 Å². The molecule has 0 spiro atoms. The summed E-state index contributed by atoms with van der Waals surface area (Å²) in [6.07, 6.45) is 2.06. The number of methoxy groups -OCH3 is 1. The smallest absolute Gasteiger partial charge is 0.122 e. The Morgan fingerprint density at radius 2 is 2.00 bits per heavy atom. The molecule has 0 heterocycles. The molecule has 0 fully saturated rings. The molecule has 0 radical (unpaired) electrons. The zero-order valence-electron chi connectivity index (χ0n) is 13.0. The van der Waals surface area contributed by atoms with Crippen LogP contribution in [0.1, 0.15) is 31.9 Å². The second-order valence-corrected chi connectivity index (χ2v) is 5.56. The van der Waals surface area contributed by atoms with Gasteiger partial charge >= 0.3 is 0 Å². The Hall–Kier alpha value is -1.06. The van der Waals surface area contributed by atoms with Crippen molar-refractivity contribution in [2.24, 2.45) is 0 Å². The molecule has 0 aliphatic heterocycles. The summed E-state index contributed by atoms with van der Waals surface area (Å²) in [6, 6.07) is 6.48. The summed E-state index contributed by atoms with van der Waals surface area (Å²) in [6.45, 7) is 8.53. The SMILES string of the molecule is CCc1cc(CCNCC(C)(C)NC)ccc1OC. The molecule has 0 unspecified atom stereocenters. The first-order valence-electron chi connectivity index (χ1n) is 7.08. The lowest BCUT2D eigenvalue weighted by molar-refractivity contribution is 0.395.